The van der Waals surface area contributed by atoms with E-state index in [9.17, 15) is 4.79 Å². The molecule has 1 fully saturated rings. The fraction of sp³-hybridized carbons (Fsp3) is 0.909. The maximum Gasteiger partial charge on any atom is 0.225 e. The van der Waals surface area contributed by atoms with E-state index < -0.39 is 0 Å². The topological polar surface area (TPSA) is 41.1 Å². The first-order valence-electron chi connectivity index (χ1n) is 5.54. The molecule has 1 aliphatic carbocycles. The SMILES string of the molecule is CNC(C)CNC(=O)C1(C)CCCC1. The highest BCUT2D eigenvalue weighted by Gasteiger charge is 2.35. The first-order chi connectivity index (χ1) is 6.58. The standard InChI is InChI=1S/C11H22N2O/c1-9(12-3)8-13-10(14)11(2)6-4-5-7-11/h9,12H,4-8H2,1-3H3,(H,13,14). The van der Waals surface area contributed by atoms with Gasteiger partial charge in [0, 0.05) is 18.0 Å². The Morgan fingerprint density at radius 2 is 2.00 bits per heavy atom. The van der Waals surface area contributed by atoms with Crippen molar-refractivity contribution in [2.45, 2.75) is 45.6 Å². The summed E-state index contributed by atoms with van der Waals surface area (Å²) in [5.74, 6) is 0.233. The molecule has 0 aromatic heterocycles. The Bertz CT molecular complexity index is 197. The van der Waals surface area contributed by atoms with Crippen molar-refractivity contribution in [2.75, 3.05) is 13.6 Å². The van der Waals surface area contributed by atoms with Crippen LogP contribution < -0.4 is 10.6 Å². The van der Waals surface area contributed by atoms with E-state index in [2.05, 4.69) is 24.5 Å². The van der Waals surface area contributed by atoms with Gasteiger partial charge in [-0.3, -0.25) is 4.79 Å². The van der Waals surface area contributed by atoms with Crippen LogP contribution >= 0.6 is 0 Å². The molecular formula is C11H22N2O. The minimum Gasteiger partial charge on any atom is -0.354 e. The zero-order valence-corrected chi connectivity index (χ0v) is 9.52. The van der Waals surface area contributed by atoms with E-state index >= 15 is 0 Å². The fourth-order valence-electron chi connectivity index (χ4n) is 1.94. The molecule has 0 saturated heterocycles. The highest BCUT2D eigenvalue weighted by atomic mass is 16.2. The normalized spacial score (nSPS) is 21.9. The van der Waals surface area contributed by atoms with Gasteiger partial charge < -0.3 is 10.6 Å². The molecule has 0 aromatic carbocycles. The van der Waals surface area contributed by atoms with Gasteiger partial charge in [-0.1, -0.05) is 19.8 Å². The fourth-order valence-corrected chi connectivity index (χ4v) is 1.94. The second-order valence-electron chi connectivity index (χ2n) is 4.67. The van der Waals surface area contributed by atoms with E-state index in [1.54, 1.807) is 0 Å². The lowest BCUT2D eigenvalue weighted by Gasteiger charge is -2.23. The first-order valence-corrected chi connectivity index (χ1v) is 5.54. The Balaban J connectivity index is 2.34. The van der Waals surface area contributed by atoms with Crippen LogP contribution in [0.2, 0.25) is 0 Å². The van der Waals surface area contributed by atoms with Gasteiger partial charge in [-0.25, -0.2) is 0 Å². The van der Waals surface area contributed by atoms with Gasteiger partial charge in [0.15, 0.2) is 0 Å². The van der Waals surface area contributed by atoms with Gasteiger partial charge in [0.1, 0.15) is 0 Å². The maximum atomic E-state index is 11.8. The lowest BCUT2D eigenvalue weighted by Crippen LogP contribution is -2.43. The van der Waals surface area contributed by atoms with Gasteiger partial charge in [-0.15, -0.1) is 0 Å². The van der Waals surface area contributed by atoms with Crippen molar-refractivity contribution in [3.63, 3.8) is 0 Å². The van der Waals surface area contributed by atoms with Crippen LogP contribution in [0.4, 0.5) is 0 Å². The molecule has 0 heterocycles. The van der Waals surface area contributed by atoms with Gasteiger partial charge in [0.2, 0.25) is 5.91 Å². The number of carbonyl (C=O) groups is 1. The second kappa shape index (κ2) is 4.78. The number of amides is 1. The Kier molecular flexibility index (Phi) is 3.93. The van der Waals surface area contributed by atoms with Gasteiger partial charge in [-0.2, -0.15) is 0 Å². The van der Waals surface area contributed by atoms with E-state index in [1.807, 2.05) is 7.05 Å². The summed E-state index contributed by atoms with van der Waals surface area (Å²) in [6, 6.07) is 0.351. The predicted molar refractivity (Wildman–Crippen MR) is 58.1 cm³/mol. The van der Waals surface area contributed by atoms with Crippen LogP contribution in [0.5, 0.6) is 0 Å². The highest BCUT2D eigenvalue weighted by Crippen LogP contribution is 2.37. The zero-order valence-electron chi connectivity index (χ0n) is 9.52. The molecule has 1 rings (SSSR count). The van der Waals surface area contributed by atoms with Crippen molar-refractivity contribution in [2.24, 2.45) is 5.41 Å². The van der Waals surface area contributed by atoms with Crippen molar-refractivity contribution in [1.82, 2.24) is 10.6 Å². The Hall–Kier alpha value is -0.570. The number of hydrogen-bond donors (Lipinski definition) is 2. The summed E-state index contributed by atoms with van der Waals surface area (Å²) in [5.41, 5.74) is -0.0898. The lowest BCUT2D eigenvalue weighted by atomic mass is 9.88. The molecular weight excluding hydrogens is 176 g/mol. The smallest absolute Gasteiger partial charge is 0.225 e. The predicted octanol–water partition coefficient (Wildman–Crippen LogP) is 1.29. The molecule has 1 amide bonds. The van der Waals surface area contributed by atoms with Gasteiger partial charge >= 0.3 is 0 Å². The Morgan fingerprint density at radius 1 is 1.43 bits per heavy atom. The Labute approximate surface area is 86.6 Å². The van der Waals surface area contributed by atoms with Crippen LogP contribution in [-0.2, 0) is 4.79 Å². The highest BCUT2D eigenvalue weighted by molar-refractivity contribution is 5.82. The maximum absolute atomic E-state index is 11.8. The number of nitrogens with one attached hydrogen (secondary N) is 2. The quantitative estimate of drug-likeness (QED) is 0.714. The van der Waals surface area contributed by atoms with Gasteiger partial charge in [-0.05, 0) is 26.8 Å². The summed E-state index contributed by atoms with van der Waals surface area (Å²) in [5, 5.41) is 6.12. The minimum atomic E-state index is -0.0898. The molecule has 1 atom stereocenters. The molecule has 0 spiro atoms. The third-order valence-electron chi connectivity index (χ3n) is 3.32. The molecule has 1 unspecified atom stereocenters. The summed E-state index contributed by atoms with van der Waals surface area (Å²) in [7, 11) is 1.91. The molecule has 0 aromatic rings. The molecule has 3 heteroatoms. The van der Waals surface area contributed by atoms with Crippen molar-refractivity contribution >= 4 is 5.91 Å². The third-order valence-corrected chi connectivity index (χ3v) is 3.32. The second-order valence-corrected chi connectivity index (χ2v) is 4.67. The van der Waals surface area contributed by atoms with Crippen LogP contribution in [0.3, 0.4) is 0 Å². The van der Waals surface area contributed by atoms with Crippen LogP contribution in [0.15, 0.2) is 0 Å². The number of rotatable bonds is 4. The summed E-state index contributed by atoms with van der Waals surface area (Å²) >= 11 is 0. The molecule has 0 bridgehead atoms. The molecule has 82 valence electrons. The first kappa shape index (κ1) is 11.5. The number of hydrogen-bond acceptors (Lipinski definition) is 2. The lowest BCUT2D eigenvalue weighted by molar-refractivity contribution is -0.129. The van der Waals surface area contributed by atoms with E-state index in [1.165, 1.54) is 12.8 Å². The Morgan fingerprint density at radius 3 is 2.50 bits per heavy atom. The third kappa shape index (κ3) is 2.71. The molecule has 1 saturated carbocycles. The van der Waals surface area contributed by atoms with Crippen LogP contribution in [0.1, 0.15) is 39.5 Å². The average Bonchev–Trinajstić information content (AvgIpc) is 2.62. The van der Waals surface area contributed by atoms with Crippen molar-refractivity contribution in [3.8, 4) is 0 Å². The number of carbonyl (C=O) groups excluding carboxylic acids is 1. The van der Waals surface area contributed by atoms with Crippen molar-refractivity contribution < 1.29 is 4.79 Å². The van der Waals surface area contributed by atoms with E-state index in [0.29, 0.717) is 6.04 Å². The van der Waals surface area contributed by atoms with E-state index in [0.717, 1.165) is 19.4 Å². The van der Waals surface area contributed by atoms with Gasteiger partial charge in [0.05, 0.1) is 0 Å². The molecule has 0 radical (unpaired) electrons. The molecule has 1 aliphatic rings. The molecule has 2 N–H and O–H groups in total. The average molecular weight is 198 g/mol. The van der Waals surface area contributed by atoms with Crippen molar-refractivity contribution in [1.29, 1.82) is 0 Å². The van der Waals surface area contributed by atoms with E-state index in [-0.39, 0.29) is 11.3 Å². The van der Waals surface area contributed by atoms with Crippen LogP contribution in [-0.4, -0.2) is 25.5 Å². The number of likely N-dealkylation sites (N-methyl/N-ethyl adjacent to an activating group) is 1. The summed E-state index contributed by atoms with van der Waals surface area (Å²) in [4.78, 5) is 11.8. The summed E-state index contributed by atoms with van der Waals surface area (Å²) in [6.45, 7) is 4.88. The monoisotopic (exact) mass is 198 g/mol. The van der Waals surface area contributed by atoms with Gasteiger partial charge in [0.25, 0.3) is 0 Å². The largest absolute Gasteiger partial charge is 0.354 e. The molecule has 14 heavy (non-hydrogen) atoms. The summed E-state index contributed by atoms with van der Waals surface area (Å²) in [6.07, 6.45) is 4.50. The molecule has 3 nitrogen and oxygen atoms in total. The van der Waals surface area contributed by atoms with E-state index in [4.69, 9.17) is 0 Å². The van der Waals surface area contributed by atoms with Crippen molar-refractivity contribution in [3.05, 3.63) is 0 Å². The van der Waals surface area contributed by atoms with Crippen LogP contribution in [0.25, 0.3) is 0 Å². The minimum absolute atomic E-state index is 0.0898. The van der Waals surface area contributed by atoms with Crippen LogP contribution in [0, 0.1) is 5.41 Å². The summed E-state index contributed by atoms with van der Waals surface area (Å²) < 4.78 is 0. The molecule has 0 aliphatic heterocycles. The zero-order chi connectivity index (χ0) is 10.6.